The van der Waals surface area contributed by atoms with Crippen molar-refractivity contribution in [3.05, 3.63) is 46.3 Å². The van der Waals surface area contributed by atoms with Gasteiger partial charge in [0.05, 0.1) is 24.9 Å². The van der Waals surface area contributed by atoms with Gasteiger partial charge in [-0.1, -0.05) is 91.0 Å². The molecule has 2 fully saturated rings. The fraction of sp³-hybridized carbons (Fsp3) is 0.692. The van der Waals surface area contributed by atoms with Gasteiger partial charge in [-0.15, -0.1) is 0 Å². The number of esters is 1. The quantitative estimate of drug-likeness (QED) is 0.0683. The van der Waals surface area contributed by atoms with Gasteiger partial charge in [-0.25, -0.2) is 0 Å². The smallest absolute Gasteiger partial charge is 0.302 e. The number of benzene rings is 1. The van der Waals surface area contributed by atoms with E-state index in [9.17, 15) is 10.3 Å². The molecule has 222 valence electrons. The molecule has 1 aromatic rings. The van der Waals surface area contributed by atoms with E-state index in [0.29, 0.717) is 6.61 Å². The average molecular weight is 622 g/mol. The second kappa shape index (κ2) is 14.4. The van der Waals surface area contributed by atoms with E-state index in [0.717, 1.165) is 5.56 Å². The Kier molecular flexibility index (Phi) is 11.8. The highest BCUT2D eigenvalue weighted by molar-refractivity contribution is 6.76. The van der Waals surface area contributed by atoms with Crippen molar-refractivity contribution in [2.45, 2.75) is 88.1 Å². The van der Waals surface area contributed by atoms with Crippen LogP contribution in [0.1, 0.15) is 40.2 Å². The summed E-state index contributed by atoms with van der Waals surface area (Å²) in [7, 11) is 0. The minimum atomic E-state index is -2.17. The van der Waals surface area contributed by atoms with Gasteiger partial charge in [0.25, 0.3) is 3.79 Å². The van der Waals surface area contributed by atoms with Crippen molar-refractivity contribution in [3.63, 3.8) is 0 Å². The first-order chi connectivity index (χ1) is 18.8. The number of carbonyl (C=O) groups is 1. The van der Waals surface area contributed by atoms with Crippen molar-refractivity contribution in [2.24, 2.45) is 22.9 Å². The van der Waals surface area contributed by atoms with Gasteiger partial charge in [-0.2, -0.15) is 0 Å². The maximum Gasteiger partial charge on any atom is 0.302 e. The maximum absolute atomic E-state index is 11.6. The van der Waals surface area contributed by atoms with Gasteiger partial charge in [0.2, 0.25) is 12.2 Å². The van der Waals surface area contributed by atoms with E-state index in [4.69, 9.17) is 68.6 Å². The highest BCUT2D eigenvalue weighted by atomic mass is 35.6. The van der Waals surface area contributed by atoms with Crippen LogP contribution in [0.5, 0.6) is 0 Å². The van der Waals surface area contributed by atoms with E-state index in [1.54, 1.807) is 6.92 Å². The maximum atomic E-state index is 11.6. The molecule has 0 radical (unpaired) electrons. The van der Waals surface area contributed by atoms with E-state index in [-0.39, 0.29) is 30.7 Å². The Bertz CT molecular complexity index is 1060. The van der Waals surface area contributed by atoms with Crippen LogP contribution in [0.3, 0.4) is 0 Å². The highest BCUT2D eigenvalue weighted by Crippen LogP contribution is 2.39. The lowest BCUT2D eigenvalue weighted by Crippen LogP contribution is -2.59. The second-order valence-electron chi connectivity index (χ2n) is 10.1. The molecule has 14 heteroatoms. The van der Waals surface area contributed by atoms with Gasteiger partial charge >= 0.3 is 5.97 Å². The summed E-state index contributed by atoms with van der Waals surface area (Å²) in [6.45, 7) is 9.28. The van der Waals surface area contributed by atoms with Gasteiger partial charge in [-0.05, 0) is 23.9 Å². The molecule has 40 heavy (non-hydrogen) atoms. The molecule has 2 saturated heterocycles. The minimum absolute atomic E-state index is 0.0806. The Morgan fingerprint density at radius 1 is 1.05 bits per heavy atom. The molecule has 1 aromatic carbocycles. The first kappa shape index (κ1) is 32.7. The first-order valence-corrected chi connectivity index (χ1v) is 14.1. The fourth-order valence-corrected chi connectivity index (χ4v) is 5.03. The Balaban J connectivity index is 1.83. The van der Waals surface area contributed by atoms with Crippen LogP contribution in [-0.4, -0.2) is 65.3 Å². The average Bonchev–Trinajstić information content (AvgIpc) is 2.89. The summed E-state index contributed by atoms with van der Waals surface area (Å²) in [6, 6.07) is 8.91. The van der Waals surface area contributed by atoms with Crippen LogP contribution in [0.2, 0.25) is 0 Å². The topological polar surface area (TPSA) is 145 Å². The monoisotopic (exact) mass is 620 g/mol. The SMILES string of the molecule is CC(=O)OCC1OC(OC(=N)C(Cl)(Cl)Cl)C(N=[N+]=[N-])[C@@H](C)[C@@H]1O[C@@H]1OC(C)[C@@H](C)[C@@H](OCc2ccccc2)C1C. The Morgan fingerprint density at radius 2 is 1.73 bits per heavy atom. The van der Waals surface area contributed by atoms with Crippen LogP contribution in [0.25, 0.3) is 10.4 Å². The predicted molar refractivity (Wildman–Crippen MR) is 149 cm³/mol. The molecule has 0 aromatic heterocycles. The number of hydrogen-bond acceptors (Lipinski definition) is 9. The summed E-state index contributed by atoms with van der Waals surface area (Å²) in [5, 5.41) is 11.8. The zero-order valence-electron chi connectivity index (χ0n) is 22.9. The summed E-state index contributed by atoms with van der Waals surface area (Å²) < 4.78 is 33.7. The van der Waals surface area contributed by atoms with Crippen molar-refractivity contribution in [1.29, 1.82) is 5.41 Å². The van der Waals surface area contributed by atoms with Crippen LogP contribution >= 0.6 is 34.8 Å². The summed E-state index contributed by atoms with van der Waals surface area (Å²) in [6.07, 6.45) is -4.05. The Labute approximate surface area is 248 Å². The van der Waals surface area contributed by atoms with Crippen LogP contribution in [0.15, 0.2) is 35.4 Å². The largest absolute Gasteiger partial charge is 0.463 e. The lowest BCUT2D eigenvalue weighted by atomic mass is 9.85. The highest BCUT2D eigenvalue weighted by Gasteiger charge is 2.50. The van der Waals surface area contributed by atoms with Gasteiger partial charge in [0.1, 0.15) is 18.8 Å². The van der Waals surface area contributed by atoms with E-state index in [2.05, 4.69) is 16.9 Å². The molecule has 0 saturated carbocycles. The fourth-order valence-electron chi connectivity index (χ4n) is 4.90. The zero-order valence-corrected chi connectivity index (χ0v) is 25.2. The normalized spacial score (nSPS) is 34.4. The Hall–Kier alpha value is -1.82. The summed E-state index contributed by atoms with van der Waals surface area (Å²) in [4.78, 5) is 14.6. The lowest BCUT2D eigenvalue weighted by molar-refractivity contribution is -0.319. The Morgan fingerprint density at radius 3 is 2.33 bits per heavy atom. The summed E-state index contributed by atoms with van der Waals surface area (Å²) in [5.41, 5.74) is 10.3. The van der Waals surface area contributed by atoms with E-state index in [1.165, 1.54) is 6.92 Å². The van der Waals surface area contributed by atoms with Crippen LogP contribution < -0.4 is 0 Å². The van der Waals surface area contributed by atoms with Gasteiger partial charge in [-0.3, -0.25) is 10.2 Å². The third kappa shape index (κ3) is 8.36. The summed E-state index contributed by atoms with van der Waals surface area (Å²) >= 11 is 17.3. The molecule has 10 atom stereocenters. The number of halogens is 3. The first-order valence-electron chi connectivity index (χ1n) is 12.9. The number of ether oxygens (including phenoxy) is 6. The second-order valence-corrected chi connectivity index (χ2v) is 12.4. The molecule has 0 amide bonds. The summed E-state index contributed by atoms with van der Waals surface area (Å²) in [5.74, 6) is -1.91. The van der Waals surface area contributed by atoms with Crippen molar-refractivity contribution in [1.82, 2.24) is 0 Å². The number of nitrogens with zero attached hydrogens (tertiary/aromatic N) is 3. The molecule has 2 aliphatic rings. The molecule has 0 spiro atoms. The number of rotatable bonds is 9. The number of alkyl halides is 3. The number of hydrogen-bond donors (Lipinski definition) is 1. The predicted octanol–water partition coefficient (Wildman–Crippen LogP) is 5.94. The van der Waals surface area contributed by atoms with Gasteiger partial charge < -0.3 is 28.4 Å². The van der Waals surface area contributed by atoms with Gasteiger partial charge in [0.15, 0.2) is 6.29 Å². The van der Waals surface area contributed by atoms with E-state index >= 15 is 0 Å². The van der Waals surface area contributed by atoms with Crippen LogP contribution in [-0.2, 0) is 39.8 Å². The standard InChI is InChI=1S/C26H35Cl3N4O7/c1-13-16(4)37-23(15(3)21(13)36-11-18-9-7-6-8-10-18)39-22-14(2)20(32-33-31)24(40-25(30)26(27,28)29)38-19(22)12-35-17(5)34/h6-10,13-16,19-24,30H,11-12H2,1-5H3/t13-,14-,15?,16?,19?,20?,21-,22+,23+,24?/m1/s1. The van der Waals surface area contributed by atoms with Crippen molar-refractivity contribution < 1.29 is 33.2 Å². The lowest BCUT2D eigenvalue weighted by Gasteiger charge is -2.48. The van der Waals surface area contributed by atoms with E-state index in [1.807, 2.05) is 44.2 Å². The molecule has 11 nitrogen and oxygen atoms in total. The number of nitrogens with one attached hydrogen (secondary N) is 1. The molecule has 2 aliphatic heterocycles. The molecule has 0 aliphatic carbocycles. The molecule has 2 heterocycles. The van der Waals surface area contributed by atoms with Crippen molar-refractivity contribution in [3.8, 4) is 0 Å². The van der Waals surface area contributed by atoms with E-state index < -0.39 is 52.4 Å². The molecular formula is C26H35Cl3N4O7. The molecule has 1 N–H and O–H groups in total. The third-order valence-electron chi connectivity index (χ3n) is 7.27. The molecule has 0 bridgehead atoms. The molecular weight excluding hydrogens is 587 g/mol. The number of carbonyl (C=O) groups excluding carboxylic acids is 1. The van der Waals surface area contributed by atoms with Crippen LogP contribution in [0.4, 0.5) is 0 Å². The van der Waals surface area contributed by atoms with Crippen LogP contribution in [0, 0.1) is 23.2 Å². The van der Waals surface area contributed by atoms with Crippen molar-refractivity contribution in [2.75, 3.05) is 6.61 Å². The van der Waals surface area contributed by atoms with Crippen molar-refractivity contribution >= 4 is 46.7 Å². The minimum Gasteiger partial charge on any atom is -0.463 e. The number of azide groups is 1. The molecule has 5 unspecified atom stereocenters. The van der Waals surface area contributed by atoms with Gasteiger partial charge in [0, 0.05) is 23.7 Å². The molecule has 3 rings (SSSR count). The third-order valence-corrected chi connectivity index (χ3v) is 7.78. The zero-order chi connectivity index (χ0) is 29.6.